The van der Waals surface area contributed by atoms with Crippen molar-refractivity contribution < 1.29 is 5.11 Å². The molecule has 3 nitrogen and oxygen atoms in total. The molecule has 1 saturated carbocycles. The van der Waals surface area contributed by atoms with Crippen molar-refractivity contribution in [2.24, 2.45) is 0 Å². The third-order valence-electron chi connectivity index (χ3n) is 2.45. The highest BCUT2D eigenvalue weighted by Gasteiger charge is 2.27. The molecule has 0 saturated heterocycles. The van der Waals surface area contributed by atoms with E-state index in [0.29, 0.717) is 6.61 Å². The summed E-state index contributed by atoms with van der Waals surface area (Å²) in [6.45, 7) is 6.58. The van der Waals surface area contributed by atoms with Gasteiger partial charge >= 0.3 is 0 Å². The highest BCUT2D eigenvalue weighted by Crippen LogP contribution is 2.25. The minimum Gasteiger partial charge on any atom is -0.395 e. The fourth-order valence-electron chi connectivity index (χ4n) is 1.57. The van der Waals surface area contributed by atoms with E-state index in [4.69, 9.17) is 5.11 Å². The Morgan fingerprint density at radius 3 is 2.62 bits per heavy atom. The van der Waals surface area contributed by atoms with Gasteiger partial charge in [-0.15, -0.1) is 0 Å². The number of rotatable bonds is 8. The van der Waals surface area contributed by atoms with Crippen LogP contribution < -0.4 is 5.32 Å². The van der Waals surface area contributed by atoms with Crippen molar-refractivity contribution in [3.8, 4) is 0 Å². The molecule has 0 aromatic carbocycles. The van der Waals surface area contributed by atoms with Crippen molar-refractivity contribution in [1.82, 2.24) is 10.2 Å². The maximum absolute atomic E-state index is 8.85. The molecule has 1 aliphatic carbocycles. The summed E-state index contributed by atoms with van der Waals surface area (Å²) >= 11 is 0. The predicted octanol–water partition coefficient (Wildman–Crippen LogP) is 0.443. The first-order valence-corrected chi connectivity index (χ1v) is 5.44. The zero-order valence-electron chi connectivity index (χ0n) is 8.63. The van der Waals surface area contributed by atoms with Gasteiger partial charge in [0.05, 0.1) is 6.61 Å². The van der Waals surface area contributed by atoms with Crippen LogP contribution in [-0.4, -0.2) is 48.8 Å². The van der Waals surface area contributed by atoms with Crippen LogP contribution in [0.4, 0.5) is 0 Å². The van der Waals surface area contributed by atoms with E-state index in [1.165, 1.54) is 19.3 Å². The van der Waals surface area contributed by atoms with Crippen molar-refractivity contribution in [2.45, 2.75) is 32.2 Å². The summed E-state index contributed by atoms with van der Waals surface area (Å²) in [4.78, 5) is 2.39. The van der Waals surface area contributed by atoms with Crippen LogP contribution in [0, 0.1) is 0 Å². The summed E-state index contributed by atoms with van der Waals surface area (Å²) in [7, 11) is 0. The third-order valence-corrected chi connectivity index (χ3v) is 2.45. The lowest BCUT2D eigenvalue weighted by Gasteiger charge is -2.20. The molecule has 0 bridgehead atoms. The normalized spacial score (nSPS) is 16.8. The Morgan fingerprint density at radius 2 is 2.08 bits per heavy atom. The first-order valence-electron chi connectivity index (χ1n) is 5.44. The molecule has 1 aliphatic rings. The molecule has 0 spiro atoms. The summed E-state index contributed by atoms with van der Waals surface area (Å²) in [5.41, 5.74) is 0. The van der Waals surface area contributed by atoms with Gasteiger partial charge in [-0.05, 0) is 25.8 Å². The van der Waals surface area contributed by atoms with Gasteiger partial charge in [-0.2, -0.15) is 0 Å². The van der Waals surface area contributed by atoms with Gasteiger partial charge < -0.3 is 10.4 Å². The van der Waals surface area contributed by atoms with E-state index in [0.717, 1.165) is 32.2 Å². The molecule has 0 aliphatic heterocycles. The van der Waals surface area contributed by atoms with Crippen molar-refractivity contribution >= 4 is 0 Å². The number of aliphatic hydroxyl groups is 1. The SMILES string of the molecule is CCCNCCN(CCO)C1CC1. The summed E-state index contributed by atoms with van der Waals surface area (Å²) in [6.07, 6.45) is 3.85. The van der Waals surface area contributed by atoms with E-state index in [1.54, 1.807) is 0 Å². The Morgan fingerprint density at radius 1 is 1.31 bits per heavy atom. The second-order valence-corrected chi connectivity index (χ2v) is 3.74. The first kappa shape index (κ1) is 11.0. The predicted molar refractivity (Wildman–Crippen MR) is 54.8 cm³/mol. The van der Waals surface area contributed by atoms with Gasteiger partial charge in [-0.3, -0.25) is 4.90 Å². The molecule has 0 heterocycles. The molecule has 0 aromatic rings. The molecule has 0 radical (unpaired) electrons. The molecule has 1 rings (SSSR count). The van der Waals surface area contributed by atoms with E-state index >= 15 is 0 Å². The standard InChI is InChI=1S/C10H22N2O/c1-2-5-11-6-7-12(8-9-13)10-3-4-10/h10-11,13H,2-9H2,1H3. The van der Waals surface area contributed by atoms with Gasteiger partial charge in [-0.1, -0.05) is 6.92 Å². The Balaban J connectivity index is 2.00. The Kier molecular flexibility index (Phi) is 5.35. The lowest BCUT2D eigenvalue weighted by atomic mass is 10.4. The maximum Gasteiger partial charge on any atom is 0.0558 e. The largest absolute Gasteiger partial charge is 0.395 e. The van der Waals surface area contributed by atoms with Crippen LogP contribution in [-0.2, 0) is 0 Å². The molecule has 1 fully saturated rings. The summed E-state index contributed by atoms with van der Waals surface area (Å²) in [5, 5.41) is 12.2. The van der Waals surface area contributed by atoms with Crippen LogP contribution in [0.3, 0.4) is 0 Å². The number of nitrogens with one attached hydrogen (secondary N) is 1. The maximum atomic E-state index is 8.85. The summed E-state index contributed by atoms with van der Waals surface area (Å²) in [6, 6.07) is 0.774. The summed E-state index contributed by atoms with van der Waals surface area (Å²) < 4.78 is 0. The Bertz CT molecular complexity index is 126. The molecule has 0 unspecified atom stereocenters. The Hall–Kier alpha value is -0.120. The van der Waals surface area contributed by atoms with Crippen LogP contribution in [0.1, 0.15) is 26.2 Å². The van der Waals surface area contributed by atoms with Crippen molar-refractivity contribution in [3.05, 3.63) is 0 Å². The molecular formula is C10H22N2O. The van der Waals surface area contributed by atoms with Gasteiger partial charge in [0, 0.05) is 25.7 Å². The molecule has 13 heavy (non-hydrogen) atoms. The van der Waals surface area contributed by atoms with Crippen LogP contribution in [0.25, 0.3) is 0 Å². The van der Waals surface area contributed by atoms with Crippen molar-refractivity contribution in [1.29, 1.82) is 0 Å². The minimum atomic E-state index is 0.296. The second kappa shape index (κ2) is 6.35. The van der Waals surface area contributed by atoms with Gasteiger partial charge in [0.2, 0.25) is 0 Å². The average Bonchev–Trinajstić information content (AvgIpc) is 2.93. The minimum absolute atomic E-state index is 0.296. The molecule has 0 atom stereocenters. The molecule has 3 heteroatoms. The topological polar surface area (TPSA) is 35.5 Å². The van der Waals surface area contributed by atoms with E-state index in [2.05, 4.69) is 17.1 Å². The third kappa shape index (κ3) is 4.60. The molecular weight excluding hydrogens is 164 g/mol. The van der Waals surface area contributed by atoms with Crippen molar-refractivity contribution in [2.75, 3.05) is 32.8 Å². The fourth-order valence-corrected chi connectivity index (χ4v) is 1.57. The number of aliphatic hydroxyl groups excluding tert-OH is 1. The quantitative estimate of drug-likeness (QED) is 0.540. The summed E-state index contributed by atoms with van der Waals surface area (Å²) in [5.74, 6) is 0. The molecule has 0 aromatic heterocycles. The van der Waals surface area contributed by atoms with Gasteiger partial charge in [-0.25, -0.2) is 0 Å². The van der Waals surface area contributed by atoms with Crippen LogP contribution in [0.5, 0.6) is 0 Å². The van der Waals surface area contributed by atoms with Gasteiger partial charge in [0.15, 0.2) is 0 Å². The van der Waals surface area contributed by atoms with E-state index in [-0.39, 0.29) is 0 Å². The highest BCUT2D eigenvalue weighted by molar-refractivity contribution is 4.84. The van der Waals surface area contributed by atoms with Crippen molar-refractivity contribution in [3.63, 3.8) is 0 Å². The van der Waals surface area contributed by atoms with Gasteiger partial charge in [0.1, 0.15) is 0 Å². The number of hydrogen-bond donors (Lipinski definition) is 2. The first-order chi connectivity index (χ1) is 6.38. The lowest BCUT2D eigenvalue weighted by Crippen LogP contribution is -2.35. The van der Waals surface area contributed by atoms with Crippen LogP contribution in [0.15, 0.2) is 0 Å². The zero-order chi connectivity index (χ0) is 9.52. The van der Waals surface area contributed by atoms with Crippen LogP contribution in [0.2, 0.25) is 0 Å². The van der Waals surface area contributed by atoms with E-state index in [1.807, 2.05) is 0 Å². The molecule has 78 valence electrons. The lowest BCUT2D eigenvalue weighted by molar-refractivity contribution is 0.189. The second-order valence-electron chi connectivity index (χ2n) is 3.74. The molecule has 0 amide bonds. The van der Waals surface area contributed by atoms with Crippen LogP contribution >= 0.6 is 0 Å². The van der Waals surface area contributed by atoms with E-state index in [9.17, 15) is 0 Å². The monoisotopic (exact) mass is 186 g/mol. The average molecular weight is 186 g/mol. The Labute approximate surface area is 81.1 Å². The zero-order valence-corrected chi connectivity index (χ0v) is 8.63. The highest BCUT2D eigenvalue weighted by atomic mass is 16.3. The van der Waals surface area contributed by atoms with Gasteiger partial charge in [0.25, 0.3) is 0 Å². The number of nitrogens with zero attached hydrogens (tertiary/aromatic N) is 1. The number of hydrogen-bond acceptors (Lipinski definition) is 3. The fraction of sp³-hybridized carbons (Fsp3) is 1.00. The smallest absolute Gasteiger partial charge is 0.0558 e. The molecule has 2 N–H and O–H groups in total. The van der Waals surface area contributed by atoms with E-state index < -0.39 is 0 Å².